The van der Waals surface area contributed by atoms with Crippen molar-refractivity contribution in [1.82, 2.24) is 0 Å². The Bertz CT molecular complexity index is 117. The number of esters is 1. The van der Waals surface area contributed by atoms with Gasteiger partial charge >= 0.3 is 5.97 Å². The van der Waals surface area contributed by atoms with Crippen LogP contribution in [0.4, 0.5) is 0 Å². The van der Waals surface area contributed by atoms with Gasteiger partial charge in [0.05, 0.1) is 0 Å². The molecule has 0 aliphatic carbocycles. The Morgan fingerprint density at radius 3 is 2.70 bits per heavy atom. The number of rotatable bonds is 3. The molecule has 0 saturated carbocycles. The molecular formula is C5H11NO3S. The molecule has 0 aliphatic heterocycles. The largest absolute Gasteiger partial charge is 0.448 e. The first-order valence-corrected chi connectivity index (χ1v) is 3.36. The average molecular weight is 165 g/mol. The van der Waals surface area contributed by atoms with Crippen molar-refractivity contribution in [2.24, 2.45) is 5.73 Å². The third kappa shape index (κ3) is 3.71. The van der Waals surface area contributed by atoms with Crippen LogP contribution in [0.2, 0.25) is 0 Å². The van der Waals surface area contributed by atoms with Crippen molar-refractivity contribution in [3.8, 4) is 0 Å². The van der Waals surface area contributed by atoms with Crippen molar-refractivity contribution in [3.63, 3.8) is 0 Å². The highest BCUT2D eigenvalue weighted by Gasteiger charge is 2.13. The molecule has 5 heteroatoms. The topological polar surface area (TPSA) is 72.5 Å². The summed E-state index contributed by atoms with van der Waals surface area (Å²) in [4.78, 5) is 10.5. The zero-order valence-corrected chi connectivity index (χ0v) is 6.54. The molecule has 0 amide bonds. The minimum Gasteiger partial charge on any atom is -0.448 e. The van der Waals surface area contributed by atoms with E-state index >= 15 is 0 Å². The third-order valence-electron chi connectivity index (χ3n) is 0.795. The number of aliphatic hydroxyl groups is 1. The van der Waals surface area contributed by atoms with Crippen LogP contribution in [-0.2, 0) is 9.53 Å². The summed E-state index contributed by atoms with van der Waals surface area (Å²) in [5.41, 5.74) is 4.46. The fraction of sp³-hybridized carbons (Fsp3) is 0.800. The fourth-order valence-electron chi connectivity index (χ4n) is 0.281. The number of hydrogen-bond donors (Lipinski definition) is 3. The molecular weight excluding hydrogens is 154 g/mol. The molecule has 0 saturated heterocycles. The fourth-order valence-corrected chi connectivity index (χ4v) is 0.385. The summed E-state index contributed by atoms with van der Waals surface area (Å²) < 4.78 is 4.51. The highest BCUT2D eigenvalue weighted by molar-refractivity contribution is 7.80. The maximum Gasteiger partial charge on any atom is 0.335 e. The first-order chi connectivity index (χ1) is 4.57. The quantitative estimate of drug-likeness (QED) is 0.288. The smallest absolute Gasteiger partial charge is 0.335 e. The summed E-state index contributed by atoms with van der Waals surface area (Å²) in [5.74, 6) is -0.703. The van der Waals surface area contributed by atoms with E-state index in [-0.39, 0.29) is 6.54 Å². The van der Waals surface area contributed by atoms with Crippen LogP contribution in [-0.4, -0.2) is 29.2 Å². The van der Waals surface area contributed by atoms with Crippen LogP contribution >= 0.6 is 12.6 Å². The normalized spacial score (nSPS) is 16.0. The SMILES string of the molecule is CC(O)C(=O)OC(S)CN. The highest BCUT2D eigenvalue weighted by atomic mass is 32.1. The molecule has 0 aromatic heterocycles. The molecule has 3 N–H and O–H groups in total. The first-order valence-electron chi connectivity index (χ1n) is 2.84. The minimum atomic E-state index is -1.11. The van der Waals surface area contributed by atoms with Gasteiger partial charge < -0.3 is 15.6 Å². The second kappa shape index (κ2) is 4.54. The van der Waals surface area contributed by atoms with Crippen molar-refractivity contribution in [2.45, 2.75) is 18.5 Å². The Morgan fingerprint density at radius 2 is 2.40 bits per heavy atom. The minimum absolute atomic E-state index is 0.140. The molecule has 0 bridgehead atoms. The number of carbonyl (C=O) groups is 1. The summed E-state index contributed by atoms with van der Waals surface area (Å²) in [6, 6.07) is 0. The Labute approximate surface area is 64.8 Å². The van der Waals surface area contributed by atoms with Gasteiger partial charge in [0.15, 0.2) is 5.44 Å². The lowest BCUT2D eigenvalue weighted by molar-refractivity contribution is -0.153. The van der Waals surface area contributed by atoms with Crippen molar-refractivity contribution in [3.05, 3.63) is 0 Å². The number of aliphatic hydroxyl groups excluding tert-OH is 1. The van der Waals surface area contributed by atoms with E-state index in [9.17, 15) is 4.79 Å². The molecule has 10 heavy (non-hydrogen) atoms. The van der Waals surface area contributed by atoms with E-state index in [4.69, 9.17) is 10.8 Å². The zero-order chi connectivity index (χ0) is 8.15. The van der Waals surface area contributed by atoms with E-state index in [1.54, 1.807) is 0 Å². The van der Waals surface area contributed by atoms with Gasteiger partial charge in [0, 0.05) is 6.54 Å². The lowest BCUT2D eigenvalue weighted by atomic mass is 10.4. The van der Waals surface area contributed by atoms with Gasteiger partial charge in [-0.2, -0.15) is 0 Å². The van der Waals surface area contributed by atoms with E-state index in [1.165, 1.54) is 6.92 Å². The number of thiol groups is 1. The Hall–Kier alpha value is -0.260. The predicted molar refractivity (Wildman–Crippen MR) is 39.6 cm³/mol. The van der Waals surface area contributed by atoms with Gasteiger partial charge in [0.25, 0.3) is 0 Å². The lowest BCUT2D eigenvalue weighted by Gasteiger charge is -2.10. The molecule has 4 nitrogen and oxygen atoms in total. The summed E-state index contributed by atoms with van der Waals surface area (Å²) in [7, 11) is 0. The van der Waals surface area contributed by atoms with Gasteiger partial charge in [-0.1, -0.05) is 0 Å². The summed E-state index contributed by atoms with van der Waals surface area (Å²) in [5, 5.41) is 8.62. The molecule has 0 aromatic rings. The predicted octanol–water partition coefficient (Wildman–Crippen LogP) is -0.875. The van der Waals surface area contributed by atoms with Gasteiger partial charge in [0.1, 0.15) is 6.10 Å². The van der Waals surface area contributed by atoms with E-state index < -0.39 is 17.5 Å². The molecule has 0 fully saturated rings. The van der Waals surface area contributed by atoms with Crippen molar-refractivity contribution in [1.29, 1.82) is 0 Å². The van der Waals surface area contributed by atoms with Crippen LogP contribution in [0.5, 0.6) is 0 Å². The van der Waals surface area contributed by atoms with Gasteiger partial charge in [-0.3, -0.25) is 0 Å². The van der Waals surface area contributed by atoms with Gasteiger partial charge in [0.2, 0.25) is 0 Å². The summed E-state index contributed by atoms with van der Waals surface area (Å²) in [6.07, 6.45) is -1.11. The number of ether oxygens (including phenoxy) is 1. The Kier molecular flexibility index (Phi) is 4.42. The molecule has 0 rings (SSSR count). The average Bonchev–Trinajstić information content (AvgIpc) is 1.87. The Morgan fingerprint density at radius 1 is 1.90 bits per heavy atom. The molecule has 0 spiro atoms. The second-order valence-electron chi connectivity index (χ2n) is 1.80. The monoisotopic (exact) mass is 165 g/mol. The van der Waals surface area contributed by atoms with Crippen LogP contribution in [0, 0.1) is 0 Å². The van der Waals surface area contributed by atoms with Crippen molar-refractivity contribution in [2.75, 3.05) is 6.54 Å². The molecule has 0 radical (unpaired) electrons. The maximum atomic E-state index is 10.5. The molecule has 0 heterocycles. The highest BCUT2D eigenvalue weighted by Crippen LogP contribution is 1.97. The van der Waals surface area contributed by atoms with Crippen LogP contribution in [0.1, 0.15) is 6.92 Å². The zero-order valence-electron chi connectivity index (χ0n) is 5.65. The van der Waals surface area contributed by atoms with Gasteiger partial charge in [-0.15, -0.1) is 12.6 Å². The van der Waals surface area contributed by atoms with Crippen molar-refractivity contribution >= 4 is 18.6 Å². The van der Waals surface area contributed by atoms with Crippen LogP contribution < -0.4 is 5.73 Å². The van der Waals surface area contributed by atoms with Crippen LogP contribution in [0.25, 0.3) is 0 Å². The molecule has 60 valence electrons. The van der Waals surface area contributed by atoms with Crippen molar-refractivity contribution < 1.29 is 14.6 Å². The van der Waals surface area contributed by atoms with E-state index in [2.05, 4.69) is 17.4 Å². The first kappa shape index (κ1) is 9.74. The van der Waals surface area contributed by atoms with E-state index in [1.807, 2.05) is 0 Å². The summed E-state index contributed by atoms with van der Waals surface area (Å²) in [6.45, 7) is 1.46. The standard InChI is InChI=1S/C5H11NO3S/c1-3(7)5(8)9-4(10)2-6/h3-4,7,10H,2,6H2,1H3. The molecule has 2 unspecified atom stereocenters. The third-order valence-corrected chi connectivity index (χ3v) is 1.11. The van der Waals surface area contributed by atoms with E-state index in [0.717, 1.165) is 0 Å². The number of hydrogen-bond acceptors (Lipinski definition) is 5. The maximum absolute atomic E-state index is 10.5. The second-order valence-corrected chi connectivity index (χ2v) is 2.38. The van der Waals surface area contributed by atoms with Crippen LogP contribution in [0.15, 0.2) is 0 Å². The number of nitrogens with two attached hydrogens (primary N) is 1. The Balaban J connectivity index is 3.57. The number of carbonyl (C=O) groups excluding carboxylic acids is 1. The van der Waals surface area contributed by atoms with Gasteiger partial charge in [-0.25, -0.2) is 4.79 Å². The summed E-state index contributed by atoms with van der Waals surface area (Å²) >= 11 is 3.78. The van der Waals surface area contributed by atoms with Crippen LogP contribution in [0.3, 0.4) is 0 Å². The van der Waals surface area contributed by atoms with E-state index in [0.29, 0.717) is 0 Å². The molecule has 2 atom stereocenters. The lowest BCUT2D eigenvalue weighted by Crippen LogP contribution is -2.27. The molecule has 0 aliphatic rings. The molecule has 0 aromatic carbocycles. The van der Waals surface area contributed by atoms with Gasteiger partial charge in [-0.05, 0) is 6.92 Å².